The van der Waals surface area contributed by atoms with Crippen molar-refractivity contribution >= 4 is 39.5 Å². The lowest BCUT2D eigenvalue weighted by atomic mass is 10.0. The van der Waals surface area contributed by atoms with Crippen LogP contribution in [-0.4, -0.2) is 29.1 Å². The molecule has 1 heterocycles. The number of nitrogens with one attached hydrogen (secondary N) is 1. The maximum Gasteiger partial charge on any atom is 0.0318 e. The van der Waals surface area contributed by atoms with Crippen LogP contribution in [0.3, 0.4) is 0 Å². The minimum Gasteiger partial charge on any atom is -0.309 e. The topological polar surface area (TPSA) is 12.0 Å². The van der Waals surface area contributed by atoms with Gasteiger partial charge < -0.3 is 5.32 Å². The molecule has 1 aromatic carbocycles. The van der Waals surface area contributed by atoms with Crippen molar-refractivity contribution in [2.75, 3.05) is 23.8 Å². The summed E-state index contributed by atoms with van der Waals surface area (Å²) >= 11 is 7.77. The number of hydrogen-bond donors (Lipinski definition) is 1. The van der Waals surface area contributed by atoms with Gasteiger partial charge in [0.2, 0.25) is 0 Å². The summed E-state index contributed by atoms with van der Waals surface area (Å²) in [5.41, 5.74) is 1.39. The lowest BCUT2D eigenvalue weighted by molar-refractivity contribution is 0.523. The molecule has 100 valence electrons. The summed E-state index contributed by atoms with van der Waals surface area (Å²) in [6, 6.07) is 9.13. The molecule has 0 aliphatic carbocycles. The largest absolute Gasteiger partial charge is 0.309 e. The highest BCUT2D eigenvalue weighted by Crippen LogP contribution is 2.25. The monoisotopic (exact) mass is 345 g/mol. The van der Waals surface area contributed by atoms with Crippen LogP contribution in [0.1, 0.15) is 24.9 Å². The molecule has 0 radical (unpaired) electrons. The maximum atomic E-state index is 3.73. The van der Waals surface area contributed by atoms with Gasteiger partial charge in [-0.05, 0) is 24.1 Å². The number of hydrogen-bond acceptors (Lipinski definition) is 3. The summed E-state index contributed by atoms with van der Waals surface area (Å²) in [7, 11) is 0. The van der Waals surface area contributed by atoms with Crippen molar-refractivity contribution in [2.24, 2.45) is 0 Å². The van der Waals surface area contributed by atoms with Crippen LogP contribution in [0.2, 0.25) is 0 Å². The molecule has 4 heteroatoms. The molecule has 1 saturated heterocycles. The predicted molar refractivity (Wildman–Crippen MR) is 88.7 cm³/mol. The smallest absolute Gasteiger partial charge is 0.0318 e. The first-order valence-corrected chi connectivity index (χ1v) is 9.47. The van der Waals surface area contributed by atoms with Crippen LogP contribution < -0.4 is 5.32 Å². The number of rotatable bonds is 5. The van der Waals surface area contributed by atoms with E-state index in [2.05, 4.69) is 76.0 Å². The van der Waals surface area contributed by atoms with Crippen LogP contribution in [0.5, 0.6) is 0 Å². The lowest BCUT2D eigenvalue weighted by Crippen LogP contribution is -2.31. The molecule has 1 aliphatic rings. The van der Waals surface area contributed by atoms with Crippen LogP contribution in [0.15, 0.2) is 28.7 Å². The summed E-state index contributed by atoms with van der Waals surface area (Å²) in [5, 5.41) is 4.51. The van der Waals surface area contributed by atoms with Crippen molar-refractivity contribution in [3.05, 3.63) is 34.3 Å². The summed E-state index contributed by atoms with van der Waals surface area (Å²) in [4.78, 5) is 0. The Morgan fingerprint density at radius 1 is 1.44 bits per heavy atom. The van der Waals surface area contributed by atoms with Crippen LogP contribution in [0, 0.1) is 0 Å². The summed E-state index contributed by atoms with van der Waals surface area (Å²) < 4.78 is 1.17. The molecule has 0 spiro atoms. The Labute approximate surface area is 127 Å². The van der Waals surface area contributed by atoms with Crippen molar-refractivity contribution < 1.29 is 0 Å². The van der Waals surface area contributed by atoms with E-state index in [0.29, 0.717) is 6.04 Å². The Morgan fingerprint density at radius 2 is 2.33 bits per heavy atom. The van der Waals surface area contributed by atoms with Gasteiger partial charge in [0.25, 0.3) is 0 Å². The normalized spacial score (nSPS) is 21.8. The molecule has 1 aliphatic heterocycles. The lowest BCUT2D eigenvalue weighted by Gasteiger charge is -2.25. The predicted octanol–water partition coefficient (Wildman–Crippen LogP) is 4.34. The van der Waals surface area contributed by atoms with Crippen LogP contribution in [0.25, 0.3) is 0 Å². The van der Waals surface area contributed by atoms with Gasteiger partial charge >= 0.3 is 0 Å². The van der Waals surface area contributed by atoms with Crippen molar-refractivity contribution in [3.63, 3.8) is 0 Å². The fourth-order valence-electron chi connectivity index (χ4n) is 2.15. The Hall–Kier alpha value is 0.360. The highest BCUT2D eigenvalue weighted by atomic mass is 79.9. The zero-order valence-electron chi connectivity index (χ0n) is 10.7. The molecule has 2 rings (SSSR count). The van der Waals surface area contributed by atoms with Gasteiger partial charge in [-0.3, -0.25) is 0 Å². The second-order valence-electron chi connectivity index (χ2n) is 4.49. The van der Waals surface area contributed by atoms with Gasteiger partial charge in [0.05, 0.1) is 0 Å². The molecule has 1 nitrogen and oxygen atoms in total. The molecule has 18 heavy (non-hydrogen) atoms. The van der Waals surface area contributed by atoms with Crippen LogP contribution >= 0.6 is 39.5 Å². The van der Waals surface area contributed by atoms with Crippen molar-refractivity contribution in [2.45, 2.75) is 24.6 Å². The highest BCUT2D eigenvalue weighted by molar-refractivity contribution is 9.10. The van der Waals surface area contributed by atoms with Gasteiger partial charge in [0.15, 0.2) is 0 Å². The summed E-state index contributed by atoms with van der Waals surface area (Å²) in [6.45, 7) is 3.38. The SMILES string of the molecule is CCC(NCC1CSCCS1)c1cccc(Br)c1. The standard InChI is InChI=1S/C14H20BrNS2/c1-2-14(11-4-3-5-12(15)8-11)16-9-13-10-17-6-7-18-13/h3-5,8,13-14,16H,2,6-7,9-10H2,1H3. The molecule has 1 fully saturated rings. The van der Waals surface area contributed by atoms with E-state index in [1.807, 2.05) is 0 Å². The Kier molecular flexibility index (Phi) is 6.42. The second kappa shape index (κ2) is 7.83. The number of halogens is 1. The van der Waals surface area contributed by atoms with Crippen molar-refractivity contribution in [1.29, 1.82) is 0 Å². The average Bonchev–Trinajstić information content (AvgIpc) is 2.41. The van der Waals surface area contributed by atoms with Gasteiger partial charge in [0.1, 0.15) is 0 Å². The molecular formula is C14H20BrNS2. The van der Waals surface area contributed by atoms with E-state index < -0.39 is 0 Å². The highest BCUT2D eigenvalue weighted by Gasteiger charge is 2.16. The molecule has 1 aromatic rings. The third-order valence-electron chi connectivity index (χ3n) is 3.14. The first-order valence-electron chi connectivity index (χ1n) is 6.47. The average molecular weight is 346 g/mol. The van der Waals surface area contributed by atoms with E-state index in [1.54, 1.807) is 0 Å². The summed E-state index contributed by atoms with van der Waals surface area (Å²) in [6.07, 6.45) is 1.14. The van der Waals surface area contributed by atoms with E-state index in [9.17, 15) is 0 Å². The van der Waals surface area contributed by atoms with E-state index in [0.717, 1.165) is 18.2 Å². The zero-order chi connectivity index (χ0) is 12.8. The molecule has 0 saturated carbocycles. The first-order chi connectivity index (χ1) is 8.79. The molecule has 2 unspecified atom stereocenters. The van der Waals surface area contributed by atoms with E-state index in [4.69, 9.17) is 0 Å². The zero-order valence-corrected chi connectivity index (χ0v) is 13.9. The minimum absolute atomic E-state index is 0.482. The molecule has 0 amide bonds. The van der Waals surface area contributed by atoms with Gasteiger partial charge in [-0.2, -0.15) is 23.5 Å². The van der Waals surface area contributed by atoms with E-state index in [-0.39, 0.29) is 0 Å². The third kappa shape index (κ3) is 4.48. The van der Waals surface area contributed by atoms with Crippen LogP contribution in [0.4, 0.5) is 0 Å². The Bertz CT molecular complexity index is 367. The third-order valence-corrected chi connectivity index (χ3v) is 6.47. The van der Waals surface area contributed by atoms with Crippen LogP contribution in [-0.2, 0) is 0 Å². The summed E-state index contributed by atoms with van der Waals surface area (Å²) in [5.74, 6) is 3.93. The fraction of sp³-hybridized carbons (Fsp3) is 0.571. The molecule has 2 atom stereocenters. The molecular weight excluding hydrogens is 326 g/mol. The van der Waals surface area contributed by atoms with E-state index in [1.165, 1.54) is 27.3 Å². The van der Waals surface area contributed by atoms with Crippen molar-refractivity contribution in [3.8, 4) is 0 Å². The molecule has 1 N–H and O–H groups in total. The number of thioether (sulfide) groups is 2. The second-order valence-corrected chi connectivity index (χ2v) is 7.97. The van der Waals surface area contributed by atoms with Gasteiger partial charge in [-0.1, -0.05) is 35.0 Å². The minimum atomic E-state index is 0.482. The maximum absolute atomic E-state index is 3.73. The Morgan fingerprint density at radius 3 is 3.00 bits per heavy atom. The fourth-order valence-corrected chi connectivity index (χ4v) is 5.19. The molecule has 0 aromatic heterocycles. The first kappa shape index (κ1) is 14.8. The van der Waals surface area contributed by atoms with Gasteiger partial charge in [-0.15, -0.1) is 0 Å². The van der Waals surface area contributed by atoms with Gasteiger partial charge in [-0.25, -0.2) is 0 Å². The van der Waals surface area contributed by atoms with Gasteiger partial charge in [0, 0.05) is 39.6 Å². The molecule has 0 bridgehead atoms. The quantitative estimate of drug-likeness (QED) is 0.852. The Balaban J connectivity index is 1.88. The van der Waals surface area contributed by atoms with E-state index >= 15 is 0 Å². The van der Waals surface area contributed by atoms with Crippen molar-refractivity contribution in [1.82, 2.24) is 5.32 Å². The number of benzene rings is 1.